The number of rotatable bonds is 7. The molecule has 2 aromatic rings. The first-order valence-corrected chi connectivity index (χ1v) is 7.72. The second kappa shape index (κ2) is 7.86. The molecule has 1 aromatic heterocycles. The predicted octanol–water partition coefficient (Wildman–Crippen LogP) is 4.04. The van der Waals surface area contributed by atoms with Gasteiger partial charge in [0.1, 0.15) is 6.17 Å². The number of benzene rings is 1. The van der Waals surface area contributed by atoms with Crippen LogP contribution in [0, 0.1) is 11.7 Å². The van der Waals surface area contributed by atoms with Crippen LogP contribution in [0.4, 0.5) is 8.78 Å². The van der Waals surface area contributed by atoms with Gasteiger partial charge in [0.25, 0.3) is 0 Å². The maximum absolute atomic E-state index is 14.1. The van der Waals surface area contributed by atoms with Gasteiger partial charge in [0.15, 0.2) is 11.6 Å². The number of hydrogen-bond donors (Lipinski definition) is 1. The highest BCUT2D eigenvalue weighted by molar-refractivity contribution is 5.92. The number of amides is 1. The van der Waals surface area contributed by atoms with E-state index in [4.69, 9.17) is 10.5 Å². The summed E-state index contributed by atoms with van der Waals surface area (Å²) in [7, 11) is 0. The van der Waals surface area contributed by atoms with E-state index < -0.39 is 17.9 Å². The lowest BCUT2D eigenvalue weighted by molar-refractivity contribution is 0.1000. The third-order valence-corrected chi connectivity index (χ3v) is 3.44. The fourth-order valence-electron chi connectivity index (χ4n) is 2.35. The van der Waals surface area contributed by atoms with Gasteiger partial charge in [-0.2, -0.15) is 0 Å². The van der Waals surface area contributed by atoms with Crippen LogP contribution in [-0.4, -0.2) is 17.1 Å². The zero-order chi connectivity index (χ0) is 17.7. The molecule has 0 aliphatic heterocycles. The van der Waals surface area contributed by atoms with E-state index in [-0.39, 0.29) is 29.5 Å². The maximum Gasteiger partial charge on any atom is 0.250 e. The molecular weight excluding hydrogens is 314 g/mol. The molecule has 0 aliphatic rings. The molecule has 0 fully saturated rings. The Labute approximate surface area is 139 Å². The number of carbonyl (C=O) groups is 1. The van der Waals surface area contributed by atoms with Crippen LogP contribution in [0.5, 0.6) is 11.6 Å². The van der Waals surface area contributed by atoms with Crippen LogP contribution < -0.4 is 10.5 Å². The zero-order valence-corrected chi connectivity index (χ0v) is 13.6. The monoisotopic (exact) mass is 334 g/mol. The fraction of sp³-hybridized carbons (Fsp3) is 0.333. The molecule has 1 amide bonds. The molecule has 0 saturated heterocycles. The Kier molecular flexibility index (Phi) is 5.84. The van der Waals surface area contributed by atoms with Gasteiger partial charge in [0.05, 0.1) is 5.56 Å². The zero-order valence-electron chi connectivity index (χ0n) is 13.6. The molecule has 0 bridgehead atoms. The van der Waals surface area contributed by atoms with Crippen molar-refractivity contribution in [3.05, 3.63) is 53.5 Å². The minimum Gasteiger partial charge on any atom is -0.436 e. The normalized spacial score (nSPS) is 12.2. The molecule has 0 radical (unpaired) electrons. The fourth-order valence-corrected chi connectivity index (χ4v) is 2.35. The first-order valence-electron chi connectivity index (χ1n) is 7.72. The van der Waals surface area contributed by atoms with Gasteiger partial charge < -0.3 is 10.5 Å². The molecule has 6 heteroatoms. The highest BCUT2D eigenvalue weighted by Crippen LogP contribution is 2.29. The SMILES string of the molecule is CC(C)CC(F)Cc1cccc(F)c1Oc1ccc(C(N)=O)cn1. The van der Waals surface area contributed by atoms with Crippen molar-refractivity contribution < 1.29 is 18.3 Å². The van der Waals surface area contributed by atoms with Gasteiger partial charge in [-0.15, -0.1) is 0 Å². The third-order valence-electron chi connectivity index (χ3n) is 3.44. The number of pyridine rings is 1. The number of primary amides is 1. The maximum atomic E-state index is 14.1. The van der Waals surface area contributed by atoms with Crippen molar-refractivity contribution >= 4 is 5.91 Å². The van der Waals surface area contributed by atoms with Crippen LogP contribution in [0.1, 0.15) is 36.2 Å². The number of ether oxygens (including phenoxy) is 1. The largest absolute Gasteiger partial charge is 0.436 e. The highest BCUT2D eigenvalue weighted by atomic mass is 19.1. The summed E-state index contributed by atoms with van der Waals surface area (Å²) in [5.74, 6) is -0.950. The van der Waals surface area contributed by atoms with Crippen molar-refractivity contribution in [3.63, 3.8) is 0 Å². The lowest BCUT2D eigenvalue weighted by atomic mass is 10.00. The average Bonchev–Trinajstić information content (AvgIpc) is 2.50. The number of para-hydroxylation sites is 1. The number of halogens is 2. The standard InChI is InChI=1S/C18H20F2N2O2/c1-11(2)8-14(19)9-12-4-3-5-15(20)17(12)24-16-7-6-13(10-22-16)18(21)23/h3-7,10-11,14H,8-9H2,1-2H3,(H2,21,23). The summed E-state index contributed by atoms with van der Waals surface area (Å²) in [6, 6.07) is 7.23. The Balaban J connectivity index is 2.21. The summed E-state index contributed by atoms with van der Waals surface area (Å²) >= 11 is 0. The molecule has 1 heterocycles. The smallest absolute Gasteiger partial charge is 0.250 e. The quantitative estimate of drug-likeness (QED) is 0.831. The predicted molar refractivity (Wildman–Crippen MR) is 87.3 cm³/mol. The Morgan fingerprint density at radius 2 is 2.04 bits per heavy atom. The van der Waals surface area contributed by atoms with Gasteiger partial charge in [-0.05, 0) is 24.5 Å². The lowest BCUT2D eigenvalue weighted by Crippen LogP contribution is -2.11. The van der Waals surface area contributed by atoms with E-state index in [0.717, 1.165) is 0 Å². The summed E-state index contributed by atoms with van der Waals surface area (Å²) in [5.41, 5.74) is 5.79. The Bertz CT molecular complexity index is 703. The Morgan fingerprint density at radius 1 is 1.29 bits per heavy atom. The van der Waals surface area contributed by atoms with Crippen LogP contribution in [0.25, 0.3) is 0 Å². The van der Waals surface area contributed by atoms with E-state index in [2.05, 4.69) is 4.98 Å². The molecule has 1 unspecified atom stereocenters. The lowest BCUT2D eigenvalue weighted by Gasteiger charge is -2.15. The molecule has 1 atom stereocenters. The summed E-state index contributed by atoms with van der Waals surface area (Å²) in [6.45, 7) is 3.86. The number of aromatic nitrogens is 1. The summed E-state index contributed by atoms with van der Waals surface area (Å²) in [6.07, 6.45) is 0.612. The molecule has 2 N–H and O–H groups in total. The minimum absolute atomic E-state index is 0.0526. The topological polar surface area (TPSA) is 65.2 Å². The van der Waals surface area contributed by atoms with Crippen LogP contribution in [0.15, 0.2) is 36.5 Å². The third kappa shape index (κ3) is 4.75. The average molecular weight is 334 g/mol. The molecule has 2 rings (SSSR count). The molecule has 1 aromatic carbocycles. The summed E-state index contributed by atoms with van der Waals surface area (Å²) < 4.78 is 33.7. The molecule has 128 valence electrons. The Morgan fingerprint density at radius 3 is 2.62 bits per heavy atom. The van der Waals surface area contributed by atoms with E-state index in [9.17, 15) is 13.6 Å². The van der Waals surface area contributed by atoms with Crippen molar-refractivity contribution in [2.24, 2.45) is 11.7 Å². The first-order chi connectivity index (χ1) is 11.4. The second-order valence-corrected chi connectivity index (χ2v) is 6.01. The van der Waals surface area contributed by atoms with Crippen LogP contribution >= 0.6 is 0 Å². The van der Waals surface area contributed by atoms with Gasteiger partial charge in [-0.25, -0.2) is 13.8 Å². The molecular formula is C18H20F2N2O2. The minimum atomic E-state index is -1.08. The highest BCUT2D eigenvalue weighted by Gasteiger charge is 2.17. The van der Waals surface area contributed by atoms with E-state index in [1.807, 2.05) is 13.8 Å². The Hall–Kier alpha value is -2.50. The van der Waals surface area contributed by atoms with E-state index in [0.29, 0.717) is 12.0 Å². The van der Waals surface area contributed by atoms with Crippen molar-refractivity contribution in [1.29, 1.82) is 0 Å². The van der Waals surface area contributed by atoms with E-state index in [1.54, 1.807) is 6.07 Å². The van der Waals surface area contributed by atoms with Crippen molar-refractivity contribution in [3.8, 4) is 11.6 Å². The van der Waals surface area contributed by atoms with Gasteiger partial charge >= 0.3 is 0 Å². The van der Waals surface area contributed by atoms with Crippen LogP contribution in [0.3, 0.4) is 0 Å². The van der Waals surface area contributed by atoms with Crippen molar-refractivity contribution in [2.75, 3.05) is 0 Å². The number of hydrogen-bond acceptors (Lipinski definition) is 3. The first kappa shape index (κ1) is 17.8. The van der Waals surface area contributed by atoms with Gasteiger partial charge in [0.2, 0.25) is 11.8 Å². The molecule has 0 saturated carbocycles. The van der Waals surface area contributed by atoms with Gasteiger partial charge in [-0.1, -0.05) is 26.0 Å². The number of nitrogens with zero attached hydrogens (tertiary/aromatic N) is 1. The number of carbonyl (C=O) groups excluding carboxylic acids is 1. The summed E-state index contributed by atoms with van der Waals surface area (Å²) in [5, 5.41) is 0. The van der Waals surface area contributed by atoms with Crippen molar-refractivity contribution in [1.82, 2.24) is 4.98 Å². The molecule has 0 spiro atoms. The van der Waals surface area contributed by atoms with Gasteiger partial charge in [0, 0.05) is 24.2 Å². The number of nitrogens with two attached hydrogens (primary N) is 1. The van der Waals surface area contributed by atoms with Crippen molar-refractivity contribution in [2.45, 2.75) is 32.9 Å². The molecule has 24 heavy (non-hydrogen) atoms. The van der Waals surface area contributed by atoms with E-state index >= 15 is 0 Å². The van der Waals surface area contributed by atoms with Gasteiger partial charge in [-0.3, -0.25) is 4.79 Å². The second-order valence-electron chi connectivity index (χ2n) is 6.01. The molecule has 4 nitrogen and oxygen atoms in total. The van der Waals surface area contributed by atoms with Crippen LogP contribution in [-0.2, 0) is 6.42 Å². The number of alkyl halides is 1. The molecule has 0 aliphatic carbocycles. The van der Waals surface area contributed by atoms with Crippen LogP contribution in [0.2, 0.25) is 0 Å². The summed E-state index contributed by atoms with van der Waals surface area (Å²) in [4.78, 5) is 14.9. The van der Waals surface area contributed by atoms with E-state index in [1.165, 1.54) is 30.5 Å².